The Balaban J connectivity index is 1.64. The quantitative estimate of drug-likeness (QED) is 0.293. The lowest BCUT2D eigenvalue weighted by atomic mass is 9.80. The number of aromatic nitrogens is 2. The number of H-pyrrole nitrogens is 2. The van der Waals surface area contributed by atoms with Crippen LogP contribution in [0.4, 0.5) is 0 Å². The van der Waals surface area contributed by atoms with Crippen molar-refractivity contribution in [1.82, 2.24) is 20.6 Å². The summed E-state index contributed by atoms with van der Waals surface area (Å²) in [6.07, 6.45) is 8.20. The van der Waals surface area contributed by atoms with Gasteiger partial charge in [-0.05, 0) is 98.9 Å². The SMILES string of the molecule is CCOC(=O)CC[C@@H]1C2N/C(=C\C3=C(C)[C@H](CC)/C(=C/c4[nH]c(c(CC)c4C)/C=c4\[nH]c5c(c4C)[C@H](O)[C@H](C(=O)OC)C=52)N3)[C@H]1C. The molecule has 2 aromatic rings. The molecule has 0 radical (unpaired) electrons. The van der Waals surface area contributed by atoms with Crippen LogP contribution in [0.15, 0.2) is 28.7 Å². The molecule has 1 unspecified atom stereocenters. The summed E-state index contributed by atoms with van der Waals surface area (Å²) in [6, 6.07) is -0.320. The first-order chi connectivity index (χ1) is 22.0. The van der Waals surface area contributed by atoms with Crippen molar-refractivity contribution in [2.75, 3.05) is 13.7 Å². The van der Waals surface area contributed by atoms with E-state index in [-0.39, 0.29) is 36.2 Å². The van der Waals surface area contributed by atoms with E-state index in [1.807, 2.05) is 13.8 Å². The molecule has 0 amide bonds. The lowest BCUT2D eigenvalue weighted by Gasteiger charge is -2.27. The van der Waals surface area contributed by atoms with Crippen molar-refractivity contribution < 1.29 is 24.2 Å². The van der Waals surface area contributed by atoms with Gasteiger partial charge in [0.1, 0.15) is 5.92 Å². The number of allylic oxidation sites excluding steroid dienone is 3. The average molecular weight is 629 g/mol. The summed E-state index contributed by atoms with van der Waals surface area (Å²) in [5.74, 6) is -1.32. The van der Waals surface area contributed by atoms with Crippen LogP contribution in [-0.4, -0.2) is 46.8 Å². The summed E-state index contributed by atoms with van der Waals surface area (Å²) in [5, 5.41) is 21.0. The number of methoxy groups -OCH3 is 1. The van der Waals surface area contributed by atoms with Gasteiger partial charge < -0.3 is 35.2 Å². The van der Waals surface area contributed by atoms with Crippen LogP contribution in [0, 0.1) is 37.5 Å². The van der Waals surface area contributed by atoms with Crippen molar-refractivity contribution >= 4 is 29.7 Å². The Hall–Kier alpha value is -3.98. The van der Waals surface area contributed by atoms with Crippen LogP contribution in [-0.2, 0) is 25.5 Å². The Kier molecular flexibility index (Phi) is 8.57. The first-order valence-corrected chi connectivity index (χ1v) is 16.8. The third kappa shape index (κ3) is 5.03. The van der Waals surface area contributed by atoms with E-state index in [9.17, 15) is 14.7 Å². The molecule has 0 spiro atoms. The standard InChI is InChI=1S/C37H48N4O5/c1-9-21-17(4)24-14-26-19(6)23(12-13-30(42)46-11-3)34(40-26)32-33(37(44)45-8)36(43)31-20(7)27(41-35(31)32)16-29-22(10-2)18(5)25(39-29)15-28(21)38-24/h14-16,19,21,23,33-34,36,38-41,43H,9-13H2,1-8H3/b26-14-,27-16-,28-15-/t19-,21-,23-,33+,34?,36-/m0/s1. The fourth-order valence-corrected chi connectivity index (χ4v) is 8.38. The average Bonchev–Trinajstić information content (AvgIpc) is 3.77. The lowest BCUT2D eigenvalue weighted by Crippen LogP contribution is -2.37. The maximum Gasteiger partial charge on any atom is 0.315 e. The van der Waals surface area contributed by atoms with Crippen LogP contribution >= 0.6 is 0 Å². The highest BCUT2D eigenvalue weighted by molar-refractivity contribution is 5.88. The van der Waals surface area contributed by atoms with E-state index in [0.717, 1.165) is 63.0 Å². The monoisotopic (exact) mass is 628 g/mol. The summed E-state index contributed by atoms with van der Waals surface area (Å²) in [7, 11) is 1.37. The predicted octanol–water partition coefficient (Wildman–Crippen LogP) is 4.05. The summed E-state index contributed by atoms with van der Waals surface area (Å²) in [4.78, 5) is 33.3. The van der Waals surface area contributed by atoms with Gasteiger partial charge >= 0.3 is 11.9 Å². The van der Waals surface area contributed by atoms with Gasteiger partial charge in [-0.1, -0.05) is 20.8 Å². The summed E-state index contributed by atoms with van der Waals surface area (Å²) in [6.45, 7) is 15.1. The molecule has 1 saturated heterocycles. The van der Waals surface area contributed by atoms with E-state index in [2.05, 4.69) is 73.4 Å². The van der Waals surface area contributed by atoms with E-state index in [4.69, 9.17) is 9.47 Å². The fraction of sp³-hybridized carbons (Fsp3) is 0.514. The van der Waals surface area contributed by atoms with E-state index in [0.29, 0.717) is 13.0 Å². The number of rotatable bonds is 7. The molecule has 9 heteroatoms. The second kappa shape index (κ2) is 12.3. The third-order valence-electron chi connectivity index (χ3n) is 10.9. The van der Waals surface area contributed by atoms with Gasteiger partial charge in [0.2, 0.25) is 0 Å². The van der Waals surface area contributed by atoms with Gasteiger partial charge in [-0.15, -0.1) is 0 Å². The van der Waals surface area contributed by atoms with Crippen molar-refractivity contribution in [2.45, 2.75) is 86.3 Å². The molecule has 4 aliphatic rings. The minimum Gasteiger partial charge on any atom is -0.468 e. The zero-order chi connectivity index (χ0) is 33.0. The number of aromatic amines is 2. The number of aliphatic hydroxyl groups excluding tert-OH is 1. The maximum absolute atomic E-state index is 13.4. The predicted molar refractivity (Wildman–Crippen MR) is 178 cm³/mol. The number of nitrogens with one attached hydrogen (secondary N) is 4. The molecule has 6 rings (SSSR count). The van der Waals surface area contributed by atoms with Crippen LogP contribution in [0.25, 0.3) is 17.7 Å². The van der Waals surface area contributed by atoms with Crippen LogP contribution < -0.4 is 21.3 Å². The molecular weight excluding hydrogens is 580 g/mol. The van der Waals surface area contributed by atoms with Crippen LogP contribution in [0.3, 0.4) is 0 Å². The number of esters is 2. The highest BCUT2D eigenvalue weighted by atomic mass is 16.5. The number of hydrogen-bond donors (Lipinski definition) is 5. The number of carbonyl (C=O) groups is 2. The molecule has 9 nitrogen and oxygen atoms in total. The highest BCUT2D eigenvalue weighted by Crippen LogP contribution is 2.45. The normalized spacial score (nSPS) is 29.3. The minimum absolute atomic E-state index is 0.0399. The number of carbonyl (C=O) groups excluding carboxylic acids is 2. The smallest absolute Gasteiger partial charge is 0.315 e. The molecule has 1 fully saturated rings. The molecule has 0 aromatic carbocycles. The largest absolute Gasteiger partial charge is 0.468 e. The molecule has 5 heterocycles. The molecule has 3 aliphatic heterocycles. The van der Waals surface area contributed by atoms with Gasteiger partial charge in [-0.3, -0.25) is 9.59 Å². The van der Waals surface area contributed by atoms with Gasteiger partial charge in [0.15, 0.2) is 0 Å². The number of ether oxygens (including phenoxy) is 2. The van der Waals surface area contributed by atoms with Gasteiger partial charge in [0.05, 0.1) is 25.9 Å². The number of fused-ring (bicyclic) bond motifs is 8. The second-order valence-electron chi connectivity index (χ2n) is 13.2. The molecule has 246 valence electrons. The van der Waals surface area contributed by atoms with Gasteiger partial charge in [-0.2, -0.15) is 0 Å². The molecule has 6 atom stereocenters. The van der Waals surface area contributed by atoms with Gasteiger partial charge in [0.25, 0.3) is 0 Å². The Morgan fingerprint density at radius 2 is 1.74 bits per heavy atom. The van der Waals surface area contributed by atoms with Crippen molar-refractivity contribution in [3.05, 3.63) is 73.1 Å². The molecule has 0 saturated carbocycles. The molecule has 5 N–H and O–H groups in total. The third-order valence-corrected chi connectivity index (χ3v) is 10.9. The molecular formula is C37H48N4O5. The maximum atomic E-state index is 13.4. The molecule has 46 heavy (non-hydrogen) atoms. The van der Waals surface area contributed by atoms with Crippen molar-refractivity contribution in [2.24, 2.45) is 23.7 Å². The summed E-state index contributed by atoms with van der Waals surface area (Å²) < 4.78 is 10.6. The second-order valence-corrected chi connectivity index (χ2v) is 13.2. The Labute approximate surface area is 270 Å². The summed E-state index contributed by atoms with van der Waals surface area (Å²) >= 11 is 0. The zero-order valence-corrected chi connectivity index (χ0v) is 28.3. The lowest BCUT2D eigenvalue weighted by molar-refractivity contribution is -0.147. The fourth-order valence-electron chi connectivity index (χ4n) is 8.38. The molecule has 1 aliphatic carbocycles. The van der Waals surface area contributed by atoms with E-state index < -0.39 is 18.0 Å². The van der Waals surface area contributed by atoms with Crippen molar-refractivity contribution in [1.29, 1.82) is 0 Å². The van der Waals surface area contributed by atoms with Gasteiger partial charge in [-0.25, -0.2) is 0 Å². The Morgan fingerprint density at radius 1 is 0.978 bits per heavy atom. The van der Waals surface area contributed by atoms with Crippen LogP contribution in [0.1, 0.15) is 93.6 Å². The van der Waals surface area contributed by atoms with Crippen LogP contribution in [0.2, 0.25) is 0 Å². The van der Waals surface area contributed by atoms with E-state index in [1.165, 1.54) is 29.5 Å². The Morgan fingerprint density at radius 3 is 2.41 bits per heavy atom. The van der Waals surface area contributed by atoms with Gasteiger partial charge in [0, 0.05) is 63.0 Å². The summed E-state index contributed by atoms with van der Waals surface area (Å²) in [5.41, 5.74) is 11.5. The number of aliphatic hydroxyl groups is 1. The van der Waals surface area contributed by atoms with E-state index >= 15 is 0 Å². The molecule has 2 aromatic heterocycles. The first kappa shape index (κ1) is 32.0. The van der Waals surface area contributed by atoms with E-state index in [1.54, 1.807) is 0 Å². The van der Waals surface area contributed by atoms with Crippen LogP contribution in [0.5, 0.6) is 0 Å². The van der Waals surface area contributed by atoms with Crippen molar-refractivity contribution in [3.63, 3.8) is 0 Å². The highest BCUT2D eigenvalue weighted by Gasteiger charge is 2.49. The molecule has 8 bridgehead atoms. The Bertz CT molecular complexity index is 1800. The first-order valence-electron chi connectivity index (χ1n) is 16.8. The van der Waals surface area contributed by atoms with Crippen molar-refractivity contribution in [3.8, 4) is 0 Å². The zero-order valence-electron chi connectivity index (χ0n) is 28.3. The number of hydrogen-bond acceptors (Lipinski definition) is 7. The minimum atomic E-state index is -1.06. The topological polar surface area (TPSA) is 128 Å².